The summed E-state index contributed by atoms with van der Waals surface area (Å²) in [6, 6.07) is 0. The maximum atomic E-state index is 10.7. The van der Waals surface area contributed by atoms with Gasteiger partial charge in [0.05, 0.1) is 12.7 Å². The molecule has 1 saturated heterocycles. The standard InChI is InChI=1S/C36H56O6/c1-20(2)21-11-14-33(5)17-18-35(7)22(27(21)33)9-10-25-34(6)15-13-26(32(3,4)24(34)12-16-36(25,35)8)42-31-30(40)29(39)28(38)23(19-37)41-31/h12-13,15,21-23,25-31,37-40H,1,9-11,14,16-19H2,2-8H3/t21-,22+,23+,25+,26-,27+,28+,29-,30+,31-,33+,34-,35+,36+/m0/s1. The maximum absolute atomic E-state index is 10.7. The quantitative estimate of drug-likeness (QED) is 0.324. The fraction of sp³-hybridized carbons (Fsp3) is 0.833. The fourth-order valence-corrected chi connectivity index (χ4v) is 11.8. The molecule has 1 heterocycles. The molecule has 6 aliphatic rings. The van der Waals surface area contributed by atoms with Crippen LogP contribution in [0.2, 0.25) is 0 Å². The van der Waals surface area contributed by atoms with Crippen LogP contribution in [0.4, 0.5) is 0 Å². The molecule has 5 aliphatic carbocycles. The Labute approximate surface area is 253 Å². The van der Waals surface area contributed by atoms with Gasteiger partial charge in [-0.2, -0.15) is 0 Å². The van der Waals surface area contributed by atoms with Crippen molar-refractivity contribution < 1.29 is 29.9 Å². The summed E-state index contributed by atoms with van der Waals surface area (Å²) in [7, 11) is 0. The highest BCUT2D eigenvalue weighted by atomic mass is 16.7. The lowest BCUT2D eigenvalue weighted by Crippen LogP contribution is -2.63. The number of aliphatic hydroxyl groups is 4. The van der Waals surface area contributed by atoms with Gasteiger partial charge in [0.1, 0.15) is 24.4 Å². The molecule has 6 rings (SSSR count). The van der Waals surface area contributed by atoms with Crippen LogP contribution in [0.25, 0.3) is 0 Å². The average Bonchev–Trinajstić information content (AvgIpc) is 3.28. The second-order valence-electron chi connectivity index (χ2n) is 16.7. The molecule has 14 atom stereocenters. The van der Waals surface area contributed by atoms with Gasteiger partial charge in [0.2, 0.25) is 0 Å². The molecule has 6 heteroatoms. The second-order valence-corrected chi connectivity index (χ2v) is 16.7. The lowest BCUT2D eigenvalue weighted by Gasteiger charge is -2.70. The third-order valence-electron chi connectivity index (χ3n) is 14.4. The van der Waals surface area contributed by atoms with Gasteiger partial charge in [0.25, 0.3) is 0 Å². The predicted molar refractivity (Wildman–Crippen MR) is 163 cm³/mol. The SMILES string of the molecule is C=C(C)[C@@H]1CC[C@]2(C)CC[C@]3(C)[C@H](CC[C@@H]4[C@@]5(C)C=C[C@H](O[C@@H]6O[C@H](CO)[C@@H](O)[C@H](O)[C@H]6O)C(C)(C)C5=CC[C@]43C)[C@@H]12. The Morgan fingerprint density at radius 2 is 1.67 bits per heavy atom. The number of aliphatic hydroxyl groups excluding tert-OH is 4. The zero-order valence-electron chi connectivity index (χ0n) is 27.0. The highest BCUT2D eigenvalue weighted by Gasteiger charge is 2.68. The molecule has 0 aromatic rings. The molecule has 0 bridgehead atoms. The molecule has 0 radical (unpaired) electrons. The number of rotatable bonds is 4. The molecular weight excluding hydrogens is 528 g/mol. The van der Waals surface area contributed by atoms with E-state index in [1.54, 1.807) is 0 Å². The summed E-state index contributed by atoms with van der Waals surface area (Å²) in [5, 5.41) is 40.9. The molecule has 4 fully saturated rings. The van der Waals surface area contributed by atoms with E-state index in [1.807, 2.05) is 0 Å². The van der Waals surface area contributed by atoms with Crippen LogP contribution in [-0.2, 0) is 9.47 Å². The third kappa shape index (κ3) is 4.04. The van der Waals surface area contributed by atoms with Crippen molar-refractivity contribution in [2.24, 2.45) is 50.7 Å². The Morgan fingerprint density at radius 3 is 2.33 bits per heavy atom. The first-order valence-corrected chi connectivity index (χ1v) is 16.6. The number of fused-ring (bicyclic) bond motifs is 7. The maximum Gasteiger partial charge on any atom is 0.187 e. The van der Waals surface area contributed by atoms with Crippen LogP contribution in [-0.4, -0.2) is 63.8 Å². The first-order valence-electron chi connectivity index (χ1n) is 16.6. The number of allylic oxidation sites excluding steroid dienone is 3. The molecule has 0 unspecified atom stereocenters. The summed E-state index contributed by atoms with van der Waals surface area (Å²) in [4.78, 5) is 0. The molecular formula is C36H56O6. The van der Waals surface area contributed by atoms with Crippen molar-refractivity contribution in [3.05, 3.63) is 36.0 Å². The molecule has 0 amide bonds. The van der Waals surface area contributed by atoms with Crippen molar-refractivity contribution in [1.82, 2.24) is 0 Å². The Morgan fingerprint density at radius 1 is 0.952 bits per heavy atom. The van der Waals surface area contributed by atoms with Gasteiger partial charge in [-0.1, -0.05) is 77.5 Å². The van der Waals surface area contributed by atoms with Gasteiger partial charge >= 0.3 is 0 Å². The van der Waals surface area contributed by atoms with E-state index in [0.717, 1.165) is 18.3 Å². The lowest BCUT2D eigenvalue weighted by atomic mass is 9.34. The van der Waals surface area contributed by atoms with Gasteiger partial charge in [0, 0.05) is 10.8 Å². The Bertz CT molecular complexity index is 1160. The summed E-state index contributed by atoms with van der Waals surface area (Å²) >= 11 is 0. The van der Waals surface area contributed by atoms with E-state index in [4.69, 9.17) is 9.47 Å². The van der Waals surface area contributed by atoms with Gasteiger partial charge in [-0.05, 0) is 91.8 Å². The zero-order chi connectivity index (χ0) is 30.6. The minimum atomic E-state index is -1.45. The molecule has 0 spiro atoms. The topological polar surface area (TPSA) is 99.4 Å². The number of ether oxygens (including phenoxy) is 2. The molecule has 6 nitrogen and oxygen atoms in total. The first kappa shape index (κ1) is 31.0. The number of hydrogen-bond acceptors (Lipinski definition) is 6. The smallest absolute Gasteiger partial charge is 0.187 e. The molecule has 42 heavy (non-hydrogen) atoms. The van der Waals surface area contributed by atoms with Crippen molar-refractivity contribution in [1.29, 1.82) is 0 Å². The van der Waals surface area contributed by atoms with Crippen LogP contribution in [0, 0.1) is 50.7 Å². The largest absolute Gasteiger partial charge is 0.394 e. The predicted octanol–water partition coefficient (Wildman–Crippen LogP) is 5.55. The van der Waals surface area contributed by atoms with Crippen molar-refractivity contribution in [3.63, 3.8) is 0 Å². The van der Waals surface area contributed by atoms with E-state index in [0.29, 0.717) is 17.3 Å². The minimum absolute atomic E-state index is 0.107. The first-order chi connectivity index (χ1) is 19.5. The van der Waals surface area contributed by atoms with Crippen LogP contribution >= 0.6 is 0 Å². The van der Waals surface area contributed by atoms with Crippen molar-refractivity contribution in [2.45, 2.75) is 130 Å². The van der Waals surface area contributed by atoms with Gasteiger partial charge in [0.15, 0.2) is 6.29 Å². The molecule has 4 N–H and O–H groups in total. The van der Waals surface area contributed by atoms with Crippen molar-refractivity contribution in [3.8, 4) is 0 Å². The van der Waals surface area contributed by atoms with Crippen LogP contribution in [0.15, 0.2) is 36.0 Å². The number of hydrogen-bond donors (Lipinski definition) is 4. The fourth-order valence-electron chi connectivity index (χ4n) is 11.8. The summed E-state index contributed by atoms with van der Waals surface area (Å²) in [5.74, 6) is 2.63. The highest BCUT2D eigenvalue weighted by Crippen LogP contribution is 2.76. The summed E-state index contributed by atoms with van der Waals surface area (Å²) < 4.78 is 12.1. The lowest BCUT2D eigenvalue weighted by molar-refractivity contribution is -0.313. The van der Waals surface area contributed by atoms with Gasteiger partial charge in [-0.15, -0.1) is 0 Å². The second kappa shape index (κ2) is 9.99. The van der Waals surface area contributed by atoms with E-state index < -0.39 is 37.3 Å². The minimum Gasteiger partial charge on any atom is -0.394 e. The summed E-state index contributed by atoms with van der Waals surface area (Å²) in [5.41, 5.74) is 3.19. The highest BCUT2D eigenvalue weighted by molar-refractivity contribution is 5.40. The average molecular weight is 585 g/mol. The van der Waals surface area contributed by atoms with Crippen molar-refractivity contribution >= 4 is 0 Å². The van der Waals surface area contributed by atoms with Gasteiger partial charge in [-0.3, -0.25) is 0 Å². The Hall–Kier alpha value is -1.02. The molecule has 236 valence electrons. The van der Waals surface area contributed by atoms with Crippen molar-refractivity contribution in [2.75, 3.05) is 6.61 Å². The van der Waals surface area contributed by atoms with Crippen LogP contribution < -0.4 is 0 Å². The molecule has 0 aromatic heterocycles. The monoisotopic (exact) mass is 584 g/mol. The Kier molecular flexibility index (Phi) is 7.37. The van der Waals surface area contributed by atoms with Crippen LogP contribution in [0.5, 0.6) is 0 Å². The molecule has 1 aliphatic heterocycles. The summed E-state index contributed by atoms with van der Waals surface area (Å²) in [6.45, 7) is 21.0. The van der Waals surface area contributed by atoms with Crippen LogP contribution in [0.3, 0.4) is 0 Å². The normalized spacial score (nSPS) is 54.7. The molecule has 3 saturated carbocycles. The Balaban J connectivity index is 1.31. The van der Waals surface area contributed by atoms with E-state index in [1.165, 1.54) is 49.7 Å². The molecule has 0 aromatic carbocycles. The van der Waals surface area contributed by atoms with E-state index >= 15 is 0 Å². The van der Waals surface area contributed by atoms with E-state index in [9.17, 15) is 20.4 Å². The van der Waals surface area contributed by atoms with Gasteiger partial charge in [-0.25, -0.2) is 0 Å². The van der Waals surface area contributed by atoms with E-state index in [-0.39, 0.29) is 27.8 Å². The van der Waals surface area contributed by atoms with Gasteiger partial charge < -0.3 is 29.9 Å². The third-order valence-corrected chi connectivity index (χ3v) is 14.4. The van der Waals surface area contributed by atoms with E-state index in [2.05, 4.69) is 73.3 Å². The van der Waals surface area contributed by atoms with Crippen LogP contribution in [0.1, 0.15) is 93.4 Å². The summed E-state index contributed by atoms with van der Waals surface area (Å²) in [6.07, 6.45) is 9.08. The zero-order valence-corrected chi connectivity index (χ0v) is 27.0.